The lowest BCUT2D eigenvalue weighted by atomic mass is 9.95. The fraction of sp³-hybridized carbons (Fsp3) is 0.667. The van der Waals surface area contributed by atoms with Gasteiger partial charge in [0, 0.05) is 12.0 Å². The molecule has 0 heterocycles. The van der Waals surface area contributed by atoms with Gasteiger partial charge in [0.15, 0.2) is 0 Å². The van der Waals surface area contributed by atoms with Crippen molar-refractivity contribution in [2.75, 3.05) is 13.2 Å². The standard InChI is InChI=1S/C18H31NO2/c1-6-11-19-18(5,13-20)12-15(4)21-17-9-7-16(8-10-17)14(2)3/h7-10,14-15,19-20H,6,11-13H2,1-5H3. The van der Waals surface area contributed by atoms with E-state index in [4.69, 9.17) is 4.74 Å². The number of hydrogen-bond acceptors (Lipinski definition) is 3. The zero-order chi connectivity index (χ0) is 15.9. The van der Waals surface area contributed by atoms with Gasteiger partial charge in [-0.1, -0.05) is 32.9 Å². The summed E-state index contributed by atoms with van der Waals surface area (Å²) in [7, 11) is 0. The summed E-state index contributed by atoms with van der Waals surface area (Å²) in [6, 6.07) is 8.30. The van der Waals surface area contributed by atoms with Crippen LogP contribution >= 0.6 is 0 Å². The average molecular weight is 293 g/mol. The van der Waals surface area contributed by atoms with Crippen LogP contribution in [0.2, 0.25) is 0 Å². The zero-order valence-corrected chi connectivity index (χ0v) is 14.1. The molecule has 0 aliphatic rings. The lowest BCUT2D eigenvalue weighted by molar-refractivity contribution is 0.110. The number of benzene rings is 1. The maximum atomic E-state index is 9.61. The predicted molar refractivity (Wildman–Crippen MR) is 89.0 cm³/mol. The lowest BCUT2D eigenvalue weighted by Crippen LogP contribution is -2.48. The van der Waals surface area contributed by atoms with E-state index in [0.717, 1.165) is 25.1 Å². The molecule has 21 heavy (non-hydrogen) atoms. The van der Waals surface area contributed by atoms with Gasteiger partial charge >= 0.3 is 0 Å². The number of aliphatic hydroxyl groups excluding tert-OH is 1. The fourth-order valence-electron chi connectivity index (χ4n) is 2.46. The molecule has 0 bridgehead atoms. The second-order valence-corrected chi connectivity index (χ2v) is 6.50. The van der Waals surface area contributed by atoms with Crippen molar-refractivity contribution in [2.24, 2.45) is 0 Å². The summed E-state index contributed by atoms with van der Waals surface area (Å²) >= 11 is 0. The first-order chi connectivity index (χ1) is 9.90. The van der Waals surface area contributed by atoms with Gasteiger partial charge in [0.25, 0.3) is 0 Å². The summed E-state index contributed by atoms with van der Waals surface area (Å²) in [5, 5.41) is 13.0. The van der Waals surface area contributed by atoms with Crippen molar-refractivity contribution < 1.29 is 9.84 Å². The van der Waals surface area contributed by atoms with Gasteiger partial charge in [-0.05, 0) is 50.4 Å². The first-order valence-electron chi connectivity index (χ1n) is 8.02. The minimum absolute atomic E-state index is 0.0522. The number of rotatable bonds is 9. The Morgan fingerprint density at radius 2 is 1.81 bits per heavy atom. The van der Waals surface area contributed by atoms with E-state index in [0.29, 0.717) is 5.92 Å². The Morgan fingerprint density at radius 1 is 1.19 bits per heavy atom. The molecule has 2 N–H and O–H groups in total. The molecule has 0 spiro atoms. The molecule has 0 fully saturated rings. The molecule has 1 aromatic rings. The Balaban J connectivity index is 2.57. The Kier molecular flexibility index (Phi) is 7.20. The zero-order valence-electron chi connectivity index (χ0n) is 14.1. The molecule has 0 aliphatic heterocycles. The molecule has 0 aromatic heterocycles. The van der Waals surface area contributed by atoms with E-state index in [9.17, 15) is 5.11 Å². The van der Waals surface area contributed by atoms with Crippen LogP contribution in [0.1, 0.15) is 58.9 Å². The minimum Gasteiger partial charge on any atom is -0.491 e. The third-order valence-corrected chi connectivity index (χ3v) is 3.77. The van der Waals surface area contributed by atoms with Gasteiger partial charge in [-0.15, -0.1) is 0 Å². The molecule has 1 aromatic carbocycles. The quantitative estimate of drug-likeness (QED) is 0.729. The average Bonchev–Trinajstić information content (AvgIpc) is 2.45. The second kappa shape index (κ2) is 8.40. The maximum Gasteiger partial charge on any atom is 0.119 e. The van der Waals surface area contributed by atoms with E-state index in [-0.39, 0.29) is 18.2 Å². The minimum atomic E-state index is -0.284. The monoisotopic (exact) mass is 293 g/mol. The molecule has 0 saturated heterocycles. The van der Waals surface area contributed by atoms with E-state index >= 15 is 0 Å². The summed E-state index contributed by atoms with van der Waals surface area (Å²) in [5.74, 6) is 1.43. The Labute approximate surface area is 129 Å². The number of ether oxygens (including phenoxy) is 1. The molecule has 3 nitrogen and oxygen atoms in total. The topological polar surface area (TPSA) is 41.5 Å². The van der Waals surface area contributed by atoms with Gasteiger partial charge in [-0.2, -0.15) is 0 Å². The fourth-order valence-corrected chi connectivity index (χ4v) is 2.46. The van der Waals surface area contributed by atoms with Gasteiger partial charge < -0.3 is 15.2 Å². The molecule has 1 rings (SSSR count). The SMILES string of the molecule is CCCNC(C)(CO)CC(C)Oc1ccc(C(C)C)cc1. The highest BCUT2D eigenvalue weighted by atomic mass is 16.5. The van der Waals surface area contributed by atoms with Gasteiger partial charge in [-0.3, -0.25) is 0 Å². The van der Waals surface area contributed by atoms with Crippen LogP contribution < -0.4 is 10.1 Å². The highest BCUT2D eigenvalue weighted by Crippen LogP contribution is 2.21. The molecule has 0 amide bonds. The maximum absolute atomic E-state index is 9.61. The van der Waals surface area contributed by atoms with Gasteiger partial charge in [-0.25, -0.2) is 0 Å². The molecular weight excluding hydrogens is 262 g/mol. The molecule has 0 radical (unpaired) electrons. The van der Waals surface area contributed by atoms with E-state index in [2.05, 4.69) is 45.1 Å². The lowest BCUT2D eigenvalue weighted by Gasteiger charge is -2.31. The van der Waals surface area contributed by atoms with Crippen LogP contribution in [0.15, 0.2) is 24.3 Å². The molecule has 0 saturated carbocycles. The molecule has 2 unspecified atom stereocenters. The molecule has 0 aliphatic carbocycles. The highest BCUT2D eigenvalue weighted by Gasteiger charge is 2.25. The first-order valence-corrected chi connectivity index (χ1v) is 8.02. The number of hydrogen-bond donors (Lipinski definition) is 2. The summed E-state index contributed by atoms with van der Waals surface area (Å²) in [4.78, 5) is 0. The Hall–Kier alpha value is -1.06. The van der Waals surface area contributed by atoms with E-state index in [1.54, 1.807) is 0 Å². The van der Waals surface area contributed by atoms with Crippen LogP contribution in [0.25, 0.3) is 0 Å². The van der Waals surface area contributed by atoms with Crippen molar-refractivity contribution in [3.05, 3.63) is 29.8 Å². The van der Waals surface area contributed by atoms with Crippen LogP contribution in [0.3, 0.4) is 0 Å². The first kappa shape index (κ1) is 18.0. The van der Waals surface area contributed by atoms with Crippen LogP contribution in [0, 0.1) is 0 Å². The van der Waals surface area contributed by atoms with Crippen molar-refractivity contribution >= 4 is 0 Å². The molecule has 2 atom stereocenters. The van der Waals surface area contributed by atoms with E-state index < -0.39 is 0 Å². The van der Waals surface area contributed by atoms with E-state index in [1.807, 2.05) is 19.1 Å². The van der Waals surface area contributed by atoms with Gasteiger partial charge in [0.05, 0.1) is 12.7 Å². The van der Waals surface area contributed by atoms with Crippen LogP contribution in [0.4, 0.5) is 0 Å². The second-order valence-electron chi connectivity index (χ2n) is 6.50. The molecule has 120 valence electrons. The Morgan fingerprint density at radius 3 is 2.29 bits per heavy atom. The summed E-state index contributed by atoms with van der Waals surface area (Å²) in [6.45, 7) is 11.6. The van der Waals surface area contributed by atoms with Crippen molar-refractivity contribution in [3.8, 4) is 5.75 Å². The van der Waals surface area contributed by atoms with Crippen LogP contribution in [-0.4, -0.2) is 29.9 Å². The largest absolute Gasteiger partial charge is 0.491 e. The van der Waals surface area contributed by atoms with Gasteiger partial charge in [0.1, 0.15) is 5.75 Å². The molecule has 3 heteroatoms. The van der Waals surface area contributed by atoms with Crippen molar-refractivity contribution in [2.45, 2.75) is 65.0 Å². The normalized spacial score (nSPS) is 15.8. The van der Waals surface area contributed by atoms with Crippen molar-refractivity contribution in [3.63, 3.8) is 0 Å². The van der Waals surface area contributed by atoms with Gasteiger partial charge in [0.2, 0.25) is 0 Å². The highest BCUT2D eigenvalue weighted by molar-refractivity contribution is 5.29. The summed E-state index contributed by atoms with van der Waals surface area (Å²) in [5.41, 5.74) is 1.03. The number of nitrogens with one attached hydrogen (secondary N) is 1. The third-order valence-electron chi connectivity index (χ3n) is 3.77. The summed E-state index contributed by atoms with van der Waals surface area (Å²) in [6.07, 6.45) is 1.88. The smallest absolute Gasteiger partial charge is 0.119 e. The predicted octanol–water partition coefficient (Wildman–Crippen LogP) is 3.72. The van der Waals surface area contributed by atoms with Crippen molar-refractivity contribution in [1.82, 2.24) is 5.32 Å². The van der Waals surface area contributed by atoms with Crippen molar-refractivity contribution in [1.29, 1.82) is 0 Å². The van der Waals surface area contributed by atoms with Crippen LogP contribution in [-0.2, 0) is 0 Å². The molecular formula is C18H31NO2. The third kappa shape index (κ3) is 6.06. The summed E-state index contributed by atoms with van der Waals surface area (Å²) < 4.78 is 5.98. The number of aliphatic hydroxyl groups is 1. The van der Waals surface area contributed by atoms with Crippen LogP contribution in [0.5, 0.6) is 5.75 Å². The Bertz CT molecular complexity index is 402. The van der Waals surface area contributed by atoms with E-state index in [1.165, 1.54) is 5.56 Å².